The van der Waals surface area contributed by atoms with Gasteiger partial charge in [0.05, 0.1) is 0 Å². The molecule has 2 aliphatic rings. The second-order valence-electron chi connectivity index (χ2n) is 4.67. The standard InChI is InChI=1S/C10H21N3S3/c1-7(2)11-10-12-8-5-3-4-6-9(8)16(14,15)13-10/h7,10-15H,3-6H2,1-2H3. The molecule has 0 radical (unpaired) electrons. The Hall–Kier alpha value is 0.510. The van der Waals surface area contributed by atoms with Crippen LogP contribution in [0, 0.1) is 0 Å². The third-order valence-corrected chi connectivity index (χ3v) is 6.52. The average molecular weight is 279 g/mol. The molecule has 0 aromatic carbocycles. The number of hydrogen-bond donors (Lipinski definition) is 5. The Morgan fingerprint density at radius 2 is 2.00 bits per heavy atom. The second kappa shape index (κ2) is 5.02. The molecule has 0 spiro atoms. The Bertz CT molecular complexity index is 302. The van der Waals surface area contributed by atoms with Crippen LogP contribution in [-0.2, 0) is 0 Å². The maximum absolute atomic E-state index is 4.72. The van der Waals surface area contributed by atoms with Crippen LogP contribution in [0.1, 0.15) is 39.5 Å². The Labute approximate surface area is 109 Å². The number of rotatable bonds is 2. The van der Waals surface area contributed by atoms with Crippen LogP contribution in [-0.4, -0.2) is 12.3 Å². The van der Waals surface area contributed by atoms with E-state index in [4.69, 9.17) is 23.3 Å². The van der Waals surface area contributed by atoms with Crippen molar-refractivity contribution in [1.29, 1.82) is 0 Å². The van der Waals surface area contributed by atoms with Gasteiger partial charge in [-0.1, -0.05) is 8.28 Å². The van der Waals surface area contributed by atoms with Crippen LogP contribution >= 0.6 is 31.6 Å². The molecule has 0 amide bonds. The summed E-state index contributed by atoms with van der Waals surface area (Å²) in [4.78, 5) is 1.40. The van der Waals surface area contributed by atoms with E-state index in [-0.39, 0.29) is 6.29 Å². The number of nitrogens with one attached hydrogen (secondary N) is 3. The lowest BCUT2D eigenvalue weighted by Gasteiger charge is -2.45. The van der Waals surface area contributed by atoms with Crippen LogP contribution in [0.4, 0.5) is 0 Å². The fraction of sp³-hybridized carbons (Fsp3) is 0.800. The Morgan fingerprint density at radius 3 is 2.69 bits per heavy atom. The molecular formula is C10H21N3S3. The highest BCUT2D eigenvalue weighted by Gasteiger charge is 2.33. The smallest absolute Gasteiger partial charge is 0.141 e. The molecule has 0 saturated heterocycles. The largest absolute Gasteiger partial charge is 0.360 e. The van der Waals surface area contributed by atoms with Gasteiger partial charge in [-0.3, -0.25) is 5.32 Å². The van der Waals surface area contributed by atoms with Crippen molar-refractivity contribution >= 4 is 31.6 Å². The van der Waals surface area contributed by atoms with Crippen molar-refractivity contribution in [3.05, 3.63) is 10.6 Å². The van der Waals surface area contributed by atoms with E-state index in [2.05, 4.69) is 29.2 Å². The van der Waals surface area contributed by atoms with Gasteiger partial charge in [-0.15, -0.1) is 23.3 Å². The number of thiol groups is 2. The summed E-state index contributed by atoms with van der Waals surface area (Å²) < 4.78 is 3.45. The van der Waals surface area contributed by atoms with Gasteiger partial charge in [-0.25, -0.2) is 4.72 Å². The zero-order valence-electron chi connectivity index (χ0n) is 9.79. The molecule has 3 nitrogen and oxygen atoms in total. The highest BCUT2D eigenvalue weighted by molar-refractivity contribution is 9.18. The Kier molecular flexibility index (Phi) is 4.06. The third kappa shape index (κ3) is 2.85. The molecule has 0 aromatic heterocycles. The molecule has 1 aliphatic carbocycles. The van der Waals surface area contributed by atoms with Gasteiger partial charge < -0.3 is 5.32 Å². The summed E-state index contributed by atoms with van der Waals surface area (Å²) in [6, 6.07) is 0.438. The summed E-state index contributed by atoms with van der Waals surface area (Å²) in [5.41, 5.74) is 1.36. The topological polar surface area (TPSA) is 36.1 Å². The molecule has 1 atom stereocenters. The van der Waals surface area contributed by atoms with Gasteiger partial charge in [0.25, 0.3) is 0 Å². The molecule has 1 aliphatic heterocycles. The molecule has 94 valence electrons. The van der Waals surface area contributed by atoms with Crippen molar-refractivity contribution in [2.75, 3.05) is 0 Å². The molecule has 16 heavy (non-hydrogen) atoms. The lowest BCUT2D eigenvalue weighted by Crippen LogP contribution is -2.56. The van der Waals surface area contributed by atoms with Crippen LogP contribution < -0.4 is 15.4 Å². The van der Waals surface area contributed by atoms with E-state index in [1.54, 1.807) is 0 Å². The first-order valence-corrected chi connectivity index (χ1v) is 9.53. The predicted molar refractivity (Wildman–Crippen MR) is 79.4 cm³/mol. The van der Waals surface area contributed by atoms with Gasteiger partial charge in [-0.05, 0) is 39.5 Å². The normalized spacial score (nSPS) is 30.9. The summed E-state index contributed by atoms with van der Waals surface area (Å²) in [6.45, 7) is 4.28. The van der Waals surface area contributed by atoms with Crippen LogP contribution in [0.25, 0.3) is 0 Å². The van der Waals surface area contributed by atoms with Gasteiger partial charge >= 0.3 is 0 Å². The molecule has 6 heteroatoms. The Balaban J connectivity index is 2.15. The predicted octanol–water partition coefficient (Wildman–Crippen LogP) is 2.66. The summed E-state index contributed by atoms with van der Waals surface area (Å²) >= 11 is 9.44. The molecule has 2 rings (SSSR count). The highest BCUT2D eigenvalue weighted by atomic mass is 33.5. The van der Waals surface area contributed by atoms with Crippen molar-refractivity contribution in [2.24, 2.45) is 0 Å². The monoisotopic (exact) mass is 279 g/mol. The molecule has 0 fully saturated rings. The maximum Gasteiger partial charge on any atom is 0.141 e. The molecule has 0 saturated carbocycles. The molecule has 0 bridgehead atoms. The third-order valence-electron chi connectivity index (χ3n) is 2.86. The minimum Gasteiger partial charge on any atom is -0.360 e. The summed E-state index contributed by atoms with van der Waals surface area (Å²) in [5, 5.41) is 6.96. The van der Waals surface area contributed by atoms with E-state index in [9.17, 15) is 0 Å². The van der Waals surface area contributed by atoms with Crippen molar-refractivity contribution in [1.82, 2.24) is 15.4 Å². The summed E-state index contributed by atoms with van der Waals surface area (Å²) in [5.74, 6) is 0. The van der Waals surface area contributed by atoms with Crippen molar-refractivity contribution in [3.63, 3.8) is 0 Å². The first-order chi connectivity index (χ1) is 7.49. The van der Waals surface area contributed by atoms with Crippen LogP contribution in [0.2, 0.25) is 0 Å². The van der Waals surface area contributed by atoms with Crippen LogP contribution in [0.3, 0.4) is 0 Å². The van der Waals surface area contributed by atoms with Gasteiger partial charge in [0, 0.05) is 16.6 Å². The minimum absolute atomic E-state index is 0.0989. The van der Waals surface area contributed by atoms with E-state index < -0.39 is 8.28 Å². The lowest BCUT2D eigenvalue weighted by atomic mass is 10.0. The van der Waals surface area contributed by atoms with Gasteiger partial charge in [0.2, 0.25) is 0 Å². The summed E-state index contributed by atoms with van der Waals surface area (Å²) in [6.07, 6.45) is 4.91. The van der Waals surface area contributed by atoms with Gasteiger partial charge in [0.1, 0.15) is 6.29 Å². The van der Waals surface area contributed by atoms with E-state index in [0.717, 1.165) is 12.8 Å². The van der Waals surface area contributed by atoms with Crippen molar-refractivity contribution in [3.8, 4) is 0 Å². The van der Waals surface area contributed by atoms with Crippen molar-refractivity contribution < 1.29 is 0 Å². The van der Waals surface area contributed by atoms with E-state index in [1.807, 2.05) is 0 Å². The molecule has 1 heterocycles. The lowest BCUT2D eigenvalue weighted by molar-refractivity contribution is 0.392. The van der Waals surface area contributed by atoms with Gasteiger partial charge in [0.15, 0.2) is 0 Å². The second-order valence-corrected chi connectivity index (χ2v) is 10.7. The molecule has 1 unspecified atom stereocenters. The molecule has 0 aromatic rings. The zero-order valence-corrected chi connectivity index (χ0v) is 12.4. The average Bonchev–Trinajstić information content (AvgIpc) is 2.15. The molecular weight excluding hydrogens is 258 g/mol. The molecule has 3 N–H and O–H groups in total. The van der Waals surface area contributed by atoms with E-state index in [0.29, 0.717) is 6.04 Å². The maximum atomic E-state index is 4.72. The number of hydrogen-bond acceptors (Lipinski definition) is 5. The minimum atomic E-state index is -1.38. The van der Waals surface area contributed by atoms with E-state index >= 15 is 0 Å². The van der Waals surface area contributed by atoms with Crippen LogP contribution in [0.5, 0.6) is 0 Å². The van der Waals surface area contributed by atoms with E-state index in [1.165, 1.54) is 23.4 Å². The SMILES string of the molecule is CC(C)NC1NC2=C(CCCC2)S(S)(S)N1. The first kappa shape index (κ1) is 13.0. The summed E-state index contributed by atoms with van der Waals surface area (Å²) in [7, 11) is -1.38. The first-order valence-electron chi connectivity index (χ1n) is 5.79. The fourth-order valence-corrected chi connectivity index (χ4v) is 5.57. The highest BCUT2D eigenvalue weighted by Crippen LogP contribution is 2.64. The van der Waals surface area contributed by atoms with Crippen LogP contribution in [0.15, 0.2) is 10.6 Å². The Morgan fingerprint density at radius 1 is 1.31 bits per heavy atom. The zero-order chi connectivity index (χ0) is 11.8. The fourth-order valence-electron chi connectivity index (χ4n) is 2.19. The quantitative estimate of drug-likeness (QED) is 0.398. The van der Waals surface area contributed by atoms with Crippen molar-refractivity contribution in [2.45, 2.75) is 51.9 Å². The number of allylic oxidation sites excluding steroid dienone is 2. The van der Waals surface area contributed by atoms with Gasteiger partial charge in [-0.2, -0.15) is 0 Å².